The molecule has 0 atom stereocenters. The number of benzene rings is 5. The maximum atomic E-state index is 2.30. The molecule has 126 valence electrons. The van der Waals surface area contributed by atoms with E-state index >= 15 is 0 Å². The summed E-state index contributed by atoms with van der Waals surface area (Å²) in [4.78, 5) is 2.64. The molecule has 5 aromatic carbocycles. The minimum atomic E-state index is 0.993. The summed E-state index contributed by atoms with van der Waals surface area (Å²) in [7, 11) is 0. The highest BCUT2D eigenvalue weighted by Gasteiger charge is 2.10. The second kappa shape index (κ2) is 6.53. The van der Waals surface area contributed by atoms with Crippen LogP contribution in [0.15, 0.2) is 88.7 Å². The van der Waals surface area contributed by atoms with E-state index in [2.05, 4.69) is 85.1 Å². The fraction of sp³-hybridized carbons (Fsp3) is 0.0833. The first-order valence-electron chi connectivity index (χ1n) is 8.76. The highest BCUT2D eigenvalue weighted by molar-refractivity contribution is 7.99. The molecule has 0 saturated heterocycles. The van der Waals surface area contributed by atoms with Gasteiger partial charge in [-0.1, -0.05) is 54.6 Å². The van der Waals surface area contributed by atoms with Crippen LogP contribution >= 0.6 is 23.5 Å². The molecule has 0 N–H and O–H groups in total. The maximum Gasteiger partial charge on any atom is 0.0238 e. The van der Waals surface area contributed by atoms with E-state index in [-0.39, 0.29) is 0 Å². The topological polar surface area (TPSA) is 0 Å². The Hall–Kier alpha value is -2.16. The van der Waals surface area contributed by atoms with Gasteiger partial charge < -0.3 is 0 Å². The van der Waals surface area contributed by atoms with Crippen LogP contribution < -0.4 is 0 Å². The Balaban J connectivity index is 1.59. The lowest BCUT2D eigenvalue weighted by atomic mass is 9.92. The Kier molecular flexibility index (Phi) is 4.03. The summed E-state index contributed by atoms with van der Waals surface area (Å²) in [5.41, 5.74) is 1.41. The SMILES string of the molecule is CSc1ccc(SCc2ccc3ccc4cccc5ccc2c3c45)cc1. The molecule has 0 radical (unpaired) electrons. The first kappa shape index (κ1) is 16.0. The average Bonchev–Trinajstić information content (AvgIpc) is 2.71. The molecular weight excluding hydrogens is 352 g/mol. The van der Waals surface area contributed by atoms with E-state index in [0.29, 0.717) is 0 Å². The van der Waals surface area contributed by atoms with Gasteiger partial charge in [0.15, 0.2) is 0 Å². The molecule has 0 aliphatic carbocycles. The van der Waals surface area contributed by atoms with Crippen LogP contribution in [-0.2, 0) is 5.75 Å². The van der Waals surface area contributed by atoms with Crippen LogP contribution in [0.2, 0.25) is 0 Å². The molecule has 0 amide bonds. The molecule has 0 heterocycles. The normalized spacial score (nSPS) is 11.7. The highest BCUT2D eigenvalue weighted by atomic mass is 32.2. The van der Waals surface area contributed by atoms with Gasteiger partial charge in [-0.3, -0.25) is 0 Å². The number of thioether (sulfide) groups is 2. The Bertz CT molecular complexity index is 1190. The van der Waals surface area contributed by atoms with E-state index in [0.717, 1.165) is 5.75 Å². The average molecular weight is 371 g/mol. The Labute approximate surface area is 161 Å². The third kappa shape index (κ3) is 2.65. The summed E-state index contributed by atoms with van der Waals surface area (Å²) in [6.45, 7) is 0. The Morgan fingerprint density at radius 2 is 1.23 bits per heavy atom. The molecule has 0 spiro atoms. The monoisotopic (exact) mass is 370 g/mol. The minimum absolute atomic E-state index is 0.993. The first-order valence-corrected chi connectivity index (χ1v) is 11.0. The first-order chi connectivity index (χ1) is 12.8. The van der Waals surface area contributed by atoms with Crippen molar-refractivity contribution in [2.75, 3.05) is 6.26 Å². The van der Waals surface area contributed by atoms with Gasteiger partial charge in [0.2, 0.25) is 0 Å². The summed E-state index contributed by atoms with van der Waals surface area (Å²) in [6, 6.07) is 29.1. The maximum absolute atomic E-state index is 2.30. The van der Waals surface area contributed by atoms with Crippen molar-refractivity contribution in [2.45, 2.75) is 15.5 Å². The zero-order valence-electron chi connectivity index (χ0n) is 14.5. The quantitative estimate of drug-likeness (QED) is 0.236. The summed E-state index contributed by atoms with van der Waals surface area (Å²) in [5.74, 6) is 0.993. The van der Waals surface area contributed by atoms with Crippen molar-refractivity contribution in [3.63, 3.8) is 0 Å². The third-order valence-corrected chi connectivity index (χ3v) is 6.88. The molecule has 26 heavy (non-hydrogen) atoms. The number of hydrogen-bond donors (Lipinski definition) is 0. The van der Waals surface area contributed by atoms with Crippen molar-refractivity contribution in [2.24, 2.45) is 0 Å². The predicted molar refractivity (Wildman–Crippen MR) is 118 cm³/mol. The van der Waals surface area contributed by atoms with Crippen LogP contribution in [-0.4, -0.2) is 6.26 Å². The van der Waals surface area contributed by atoms with Crippen LogP contribution in [0.5, 0.6) is 0 Å². The zero-order chi connectivity index (χ0) is 17.5. The zero-order valence-corrected chi connectivity index (χ0v) is 16.2. The second-order valence-corrected chi connectivity index (χ2v) is 8.47. The van der Waals surface area contributed by atoms with E-state index in [4.69, 9.17) is 0 Å². The molecule has 0 aliphatic rings. The molecule has 0 unspecified atom stereocenters. The summed E-state index contributed by atoms with van der Waals surface area (Å²) in [5, 5.41) is 8.20. The molecule has 0 aliphatic heterocycles. The van der Waals surface area contributed by atoms with Crippen LogP contribution in [0, 0.1) is 0 Å². The molecule has 5 aromatic rings. The van der Waals surface area contributed by atoms with Crippen LogP contribution in [0.1, 0.15) is 5.56 Å². The van der Waals surface area contributed by atoms with Crippen molar-refractivity contribution >= 4 is 55.8 Å². The fourth-order valence-electron chi connectivity index (χ4n) is 3.75. The van der Waals surface area contributed by atoms with Crippen molar-refractivity contribution in [3.8, 4) is 0 Å². The number of hydrogen-bond acceptors (Lipinski definition) is 2. The van der Waals surface area contributed by atoms with Crippen LogP contribution in [0.25, 0.3) is 32.3 Å². The van der Waals surface area contributed by atoms with E-state index in [9.17, 15) is 0 Å². The van der Waals surface area contributed by atoms with Gasteiger partial charge in [0.25, 0.3) is 0 Å². The fourth-order valence-corrected chi connectivity index (χ4v) is 5.07. The summed E-state index contributed by atoms with van der Waals surface area (Å²) >= 11 is 3.70. The lowest BCUT2D eigenvalue weighted by molar-refractivity contribution is 1.34. The van der Waals surface area contributed by atoms with Gasteiger partial charge in [0.1, 0.15) is 0 Å². The van der Waals surface area contributed by atoms with Gasteiger partial charge in [-0.25, -0.2) is 0 Å². The second-order valence-electron chi connectivity index (χ2n) is 6.54. The van der Waals surface area contributed by atoms with E-state index in [1.165, 1.54) is 47.7 Å². The van der Waals surface area contributed by atoms with Crippen molar-refractivity contribution < 1.29 is 0 Å². The van der Waals surface area contributed by atoms with Gasteiger partial charge in [0.05, 0.1) is 0 Å². The predicted octanol–water partition coefficient (Wildman–Crippen LogP) is 7.60. The van der Waals surface area contributed by atoms with Gasteiger partial charge >= 0.3 is 0 Å². The molecular formula is C24H18S2. The summed E-state index contributed by atoms with van der Waals surface area (Å²) < 4.78 is 0. The molecule has 0 fully saturated rings. The van der Waals surface area contributed by atoms with Gasteiger partial charge in [-0.2, -0.15) is 0 Å². The lowest BCUT2D eigenvalue weighted by Gasteiger charge is -2.14. The van der Waals surface area contributed by atoms with Gasteiger partial charge in [-0.15, -0.1) is 23.5 Å². The molecule has 0 saturated carbocycles. The molecule has 0 aromatic heterocycles. The number of rotatable bonds is 4. The van der Waals surface area contributed by atoms with Crippen molar-refractivity contribution in [1.82, 2.24) is 0 Å². The molecule has 0 nitrogen and oxygen atoms in total. The summed E-state index contributed by atoms with van der Waals surface area (Å²) in [6.07, 6.45) is 2.12. The van der Waals surface area contributed by atoms with E-state index in [1.807, 2.05) is 11.8 Å². The molecule has 5 rings (SSSR count). The Morgan fingerprint density at radius 3 is 1.96 bits per heavy atom. The van der Waals surface area contributed by atoms with E-state index < -0.39 is 0 Å². The van der Waals surface area contributed by atoms with E-state index in [1.54, 1.807) is 11.8 Å². The highest BCUT2D eigenvalue weighted by Crippen LogP contribution is 2.37. The van der Waals surface area contributed by atoms with Gasteiger partial charge in [0, 0.05) is 15.5 Å². The van der Waals surface area contributed by atoms with Crippen LogP contribution in [0.3, 0.4) is 0 Å². The Morgan fingerprint density at radius 1 is 0.615 bits per heavy atom. The third-order valence-electron chi connectivity index (χ3n) is 5.07. The lowest BCUT2D eigenvalue weighted by Crippen LogP contribution is -1.89. The standard InChI is InChI=1S/C24H18S2/c1-25-20-10-12-21(13-11-20)26-15-19-8-7-18-6-5-16-3-2-4-17-9-14-22(19)24(18)23(16)17/h2-14H,15H2,1H3. The minimum Gasteiger partial charge on any atom is -0.130 e. The van der Waals surface area contributed by atoms with Crippen molar-refractivity contribution in [1.29, 1.82) is 0 Å². The van der Waals surface area contributed by atoms with Crippen molar-refractivity contribution in [3.05, 3.63) is 84.4 Å². The molecule has 2 heteroatoms. The molecule has 0 bridgehead atoms. The largest absolute Gasteiger partial charge is 0.130 e. The smallest absolute Gasteiger partial charge is 0.0238 e. The van der Waals surface area contributed by atoms with Crippen LogP contribution in [0.4, 0.5) is 0 Å². The van der Waals surface area contributed by atoms with Gasteiger partial charge in [-0.05, 0) is 68.4 Å².